The molecule has 5 nitrogen and oxygen atoms in total. The zero-order chi connectivity index (χ0) is 19.8. The van der Waals surface area contributed by atoms with E-state index in [0.717, 1.165) is 23.2 Å². The lowest BCUT2D eigenvalue weighted by Gasteiger charge is -2.15. The van der Waals surface area contributed by atoms with Gasteiger partial charge >= 0.3 is 5.97 Å². The van der Waals surface area contributed by atoms with Gasteiger partial charge in [-0.1, -0.05) is 43.6 Å². The van der Waals surface area contributed by atoms with Crippen LogP contribution in [0.3, 0.4) is 0 Å². The van der Waals surface area contributed by atoms with E-state index < -0.39 is 5.97 Å². The second kappa shape index (κ2) is 9.97. The Morgan fingerprint density at radius 1 is 1.15 bits per heavy atom. The number of nitrogens with one attached hydrogen (secondary N) is 1. The summed E-state index contributed by atoms with van der Waals surface area (Å²) in [6.07, 6.45) is 0.962. The van der Waals surface area contributed by atoms with Crippen molar-refractivity contribution in [2.75, 3.05) is 18.5 Å². The number of aryl methyl sites for hydroxylation is 1. The van der Waals surface area contributed by atoms with Crippen LogP contribution in [0.5, 0.6) is 5.75 Å². The van der Waals surface area contributed by atoms with Gasteiger partial charge in [-0.2, -0.15) is 0 Å². The Hall–Kier alpha value is -2.53. The number of halogens is 1. The maximum absolute atomic E-state index is 12.1. The van der Waals surface area contributed by atoms with Gasteiger partial charge in [0.15, 0.2) is 13.2 Å². The second-order valence-electron chi connectivity index (χ2n) is 6.31. The normalized spacial score (nSPS) is 11.6. The molecule has 0 heterocycles. The number of anilines is 1. The monoisotopic (exact) mass is 389 g/mol. The minimum Gasteiger partial charge on any atom is -0.482 e. The fraction of sp³-hybridized carbons (Fsp3) is 0.333. The number of esters is 1. The Bertz CT molecular complexity index is 807. The van der Waals surface area contributed by atoms with Crippen LogP contribution in [0.4, 0.5) is 5.69 Å². The summed E-state index contributed by atoms with van der Waals surface area (Å²) in [7, 11) is 0. The van der Waals surface area contributed by atoms with Crippen molar-refractivity contribution in [1.82, 2.24) is 0 Å². The van der Waals surface area contributed by atoms with Gasteiger partial charge in [0.05, 0.1) is 0 Å². The molecule has 1 atom stereocenters. The lowest BCUT2D eigenvalue weighted by Crippen LogP contribution is -2.24. The third-order valence-electron chi connectivity index (χ3n) is 4.23. The van der Waals surface area contributed by atoms with Crippen LogP contribution < -0.4 is 10.1 Å². The summed E-state index contributed by atoms with van der Waals surface area (Å²) in [5.41, 5.74) is 2.64. The van der Waals surface area contributed by atoms with E-state index in [-0.39, 0.29) is 19.1 Å². The van der Waals surface area contributed by atoms with Crippen LogP contribution in [0, 0.1) is 6.92 Å². The van der Waals surface area contributed by atoms with Gasteiger partial charge in [0.2, 0.25) is 0 Å². The fourth-order valence-electron chi connectivity index (χ4n) is 2.48. The van der Waals surface area contributed by atoms with Crippen LogP contribution in [0.2, 0.25) is 5.02 Å². The summed E-state index contributed by atoms with van der Waals surface area (Å²) in [4.78, 5) is 23.9. The average Bonchev–Trinajstić information content (AvgIpc) is 2.67. The average molecular weight is 390 g/mol. The zero-order valence-corrected chi connectivity index (χ0v) is 16.5. The van der Waals surface area contributed by atoms with E-state index >= 15 is 0 Å². The van der Waals surface area contributed by atoms with Gasteiger partial charge in [-0.15, -0.1) is 0 Å². The molecule has 2 rings (SSSR count). The molecule has 27 heavy (non-hydrogen) atoms. The largest absolute Gasteiger partial charge is 0.482 e. The molecule has 0 aliphatic rings. The molecule has 0 aliphatic carbocycles. The van der Waals surface area contributed by atoms with Crippen molar-refractivity contribution in [3.05, 3.63) is 58.6 Å². The maximum atomic E-state index is 12.1. The Morgan fingerprint density at radius 3 is 2.59 bits per heavy atom. The highest BCUT2D eigenvalue weighted by Gasteiger charge is 2.13. The van der Waals surface area contributed by atoms with Gasteiger partial charge in [0, 0.05) is 10.7 Å². The van der Waals surface area contributed by atoms with Gasteiger partial charge in [-0.25, -0.2) is 4.79 Å². The van der Waals surface area contributed by atoms with Crippen molar-refractivity contribution < 1.29 is 19.1 Å². The third kappa shape index (κ3) is 6.29. The molecule has 0 saturated heterocycles. The van der Waals surface area contributed by atoms with Crippen LogP contribution in [0.1, 0.15) is 37.3 Å². The lowest BCUT2D eigenvalue weighted by molar-refractivity contribution is -0.149. The highest BCUT2D eigenvalue weighted by atomic mass is 35.5. The molecule has 0 fully saturated rings. The molecule has 0 saturated carbocycles. The molecule has 1 amide bonds. The van der Waals surface area contributed by atoms with Crippen molar-refractivity contribution in [2.45, 2.75) is 33.1 Å². The molecule has 0 radical (unpaired) electrons. The third-order valence-corrected chi connectivity index (χ3v) is 4.65. The topological polar surface area (TPSA) is 64.6 Å². The van der Waals surface area contributed by atoms with Gasteiger partial charge in [-0.05, 0) is 54.7 Å². The molecule has 0 aliphatic heterocycles. The smallest absolute Gasteiger partial charge is 0.344 e. The Morgan fingerprint density at radius 2 is 1.89 bits per heavy atom. The first-order chi connectivity index (χ1) is 12.9. The Balaban J connectivity index is 1.81. The van der Waals surface area contributed by atoms with E-state index in [4.69, 9.17) is 21.1 Å². The molecule has 1 N–H and O–H groups in total. The molecule has 6 heteroatoms. The van der Waals surface area contributed by atoms with E-state index in [2.05, 4.69) is 19.2 Å². The minimum atomic E-state index is -0.618. The van der Waals surface area contributed by atoms with Crippen molar-refractivity contribution >= 4 is 29.2 Å². The molecule has 0 aromatic heterocycles. The van der Waals surface area contributed by atoms with Crippen LogP contribution >= 0.6 is 11.6 Å². The molecule has 2 aromatic carbocycles. The standard InChI is InChI=1S/C21H24ClNO4/c1-4-14(2)17-7-5-6-8-19(17)23-20(24)12-27-21(25)13-26-16-9-10-18(22)15(3)11-16/h5-11,14H,4,12-13H2,1-3H3,(H,23,24)/t14-/m1/s1. The molecule has 0 unspecified atom stereocenters. The van der Waals surface area contributed by atoms with Crippen LogP contribution in [-0.2, 0) is 14.3 Å². The van der Waals surface area contributed by atoms with Gasteiger partial charge in [-0.3, -0.25) is 4.79 Å². The number of carbonyl (C=O) groups is 2. The summed E-state index contributed by atoms with van der Waals surface area (Å²) in [6, 6.07) is 12.7. The number of hydrogen-bond donors (Lipinski definition) is 1. The van der Waals surface area contributed by atoms with E-state index in [1.807, 2.05) is 31.2 Å². The van der Waals surface area contributed by atoms with Crippen molar-refractivity contribution in [1.29, 1.82) is 0 Å². The van der Waals surface area contributed by atoms with Crippen molar-refractivity contribution in [3.8, 4) is 5.75 Å². The van der Waals surface area contributed by atoms with Crippen LogP contribution in [0.25, 0.3) is 0 Å². The summed E-state index contributed by atoms with van der Waals surface area (Å²) >= 11 is 5.94. The first kappa shape index (κ1) is 20.8. The first-order valence-corrected chi connectivity index (χ1v) is 9.21. The van der Waals surface area contributed by atoms with E-state index in [1.165, 1.54) is 0 Å². The van der Waals surface area contributed by atoms with Gasteiger partial charge in [0.1, 0.15) is 5.75 Å². The minimum absolute atomic E-state index is 0.280. The summed E-state index contributed by atoms with van der Waals surface area (Å²) in [5.74, 6) is -0.171. The summed E-state index contributed by atoms with van der Waals surface area (Å²) < 4.78 is 10.3. The lowest BCUT2D eigenvalue weighted by atomic mass is 9.97. The molecular weight excluding hydrogens is 366 g/mol. The first-order valence-electron chi connectivity index (χ1n) is 8.84. The molecule has 0 bridgehead atoms. The number of rotatable bonds is 8. The predicted molar refractivity (Wildman–Crippen MR) is 106 cm³/mol. The number of amides is 1. The molecular formula is C21H24ClNO4. The number of para-hydroxylation sites is 1. The zero-order valence-electron chi connectivity index (χ0n) is 15.8. The molecule has 144 valence electrons. The number of benzene rings is 2. The highest BCUT2D eigenvalue weighted by molar-refractivity contribution is 6.31. The molecule has 2 aromatic rings. The number of hydrogen-bond acceptors (Lipinski definition) is 4. The van der Waals surface area contributed by atoms with Crippen LogP contribution in [0.15, 0.2) is 42.5 Å². The highest BCUT2D eigenvalue weighted by Crippen LogP contribution is 2.26. The van der Waals surface area contributed by atoms with Crippen molar-refractivity contribution in [3.63, 3.8) is 0 Å². The quantitative estimate of drug-likeness (QED) is 0.663. The van der Waals surface area contributed by atoms with Gasteiger partial charge < -0.3 is 14.8 Å². The van der Waals surface area contributed by atoms with Crippen LogP contribution in [-0.4, -0.2) is 25.1 Å². The van der Waals surface area contributed by atoms with E-state index in [1.54, 1.807) is 18.2 Å². The Labute approximate surface area is 164 Å². The maximum Gasteiger partial charge on any atom is 0.344 e. The van der Waals surface area contributed by atoms with E-state index in [9.17, 15) is 9.59 Å². The van der Waals surface area contributed by atoms with E-state index in [0.29, 0.717) is 16.7 Å². The predicted octanol–water partition coefficient (Wildman–Crippen LogP) is 4.72. The number of ether oxygens (including phenoxy) is 2. The SMILES string of the molecule is CC[C@@H](C)c1ccccc1NC(=O)COC(=O)COc1ccc(Cl)c(C)c1. The summed E-state index contributed by atoms with van der Waals surface area (Å²) in [6.45, 7) is 5.39. The molecule has 0 spiro atoms. The second-order valence-corrected chi connectivity index (χ2v) is 6.71. The summed E-state index contributed by atoms with van der Waals surface area (Å²) in [5, 5.41) is 3.42. The number of carbonyl (C=O) groups excluding carboxylic acids is 2. The van der Waals surface area contributed by atoms with Crippen molar-refractivity contribution in [2.24, 2.45) is 0 Å². The Kier molecular flexibility index (Phi) is 7.67. The van der Waals surface area contributed by atoms with Gasteiger partial charge in [0.25, 0.3) is 5.91 Å². The fourth-order valence-corrected chi connectivity index (χ4v) is 2.60.